The molecule has 1 amide bonds. The molecule has 0 aliphatic heterocycles. The van der Waals surface area contributed by atoms with Gasteiger partial charge in [-0.1, -0.05) is 50.8 Å². The number of hydrogen-bond acceptors (Lipinski definition) is 5. The lowest BCUT2D eigenvalue weighted by molar-refractivity contribution is -0.121. The predicted molar refractivity (Wildman–Crippen MR) is 138 cm³/mol. The fraction of sp³-hybridized carbons (Fsp3) is 0.750. The maximum Gasteiger partial charge on any atom is 0.220 e. The minimum atomic E-state index is -0.663. The fourth-order valence-electron chi connectivity index (χ4n) is 5.71. The van der Waals surface area contributed by atoms with E-state index in [1.165, 1.54) is 0 Å². The van der Waals surface area contributed by atoms with Gasteiger partial charge in [0.25, 0.3) is 0 Å². The van der Waals surface area contributed by atoms with Crippen LogP contribution in [0.4, 0.5) is 0 Å². The lowest BCUT2D eigenvalue weighted by Gasteiger charge is -2.32. The van der Waals surface area contributed by atoms with Crippen molar-refractivity contribution in [2.45, 2.75) is 102 Å². The molecule has 198 valence electrons. The van der Waals surface area contributed by atoms with E-state index >= 15 is 0 Å². The lowest BCUT2D eigenvalue weighted by Crippen LogP contribution is -2.32. The number of unbranched alkanes of at least 4 members (excludes halogenated alkanes) is 2. The first-order chi connectivity index (χ1) is 16.7. The molecule has 7 atom stereocenters. The van der Waals surface area contributed by atoms with Crippen LogP contribution in [0, 0.1) is 23.7 Å². The highest BCUT2D eigenvalue weighted by atomic mass is 35.5. The molecule has 6 nitrogen and oxygen atoms in total. The molecular weight excluding hydrogens is 466 g/mol. The number of nitrogens with one attached hydrogen (secondary N) is 1. The average Bonchev–Trinajstić information content (AvgIpc) is 3.55. The Labute approximate surface area is 215 Å². The number of aliphatic hydroxyl groups is 3. The highest BCUT2D eigenvalue weighted by Gasteiger charge is 2.44. The van der Waals surface area contributed by atoms with Crippen LogP contribution in [-0.4, -0.2) is 52.2 Å². The van der Waals surface area contributed by atoms with Crippen LogP contribution in [0.15, 0.2) is 24.3 Å². The first-order valence-electron chi connectivity index (χ1n) is 13.4. The summed E-state index contributed by atoms with van der Waals surface area (Å²) in [6.07, 6.45) is 7.00. The fourth-order valence-corrected chi connectivity index (χ4v) is 5.89. The number of ether oxygens (including phenoxy) is 1. The molecule has 0 spiro atoms. The molecule has 2 fully saturated rings. The molecule has 0 heterocycles. The van der Waals surface area contributed by atoms with Crippen LogP contribution < -0.4 is 10.1 Å². The van der Waals surface area contributed by atoms with Crippen molar-refractivity contribution in [2.24, 2.45) is 23.7 Å². The SMILES string of the molecule is C[C@H](CCCCCC(=O)NC1CC1)C[C@@H]1[C@@H]([C@@H](C)C[C@@H](O)COc2cccc(Cl)c2)[C@H](O)C[C@@H]1O. The molecule has 3 rings (SSSR count). The number of benzene rings is 1. The Morgan fingerprint density at radius 1 is 1.17 bits per heavy atom. The molecule has 35 heavy (non-hydrogen) atoms. The maximum atomic E-state index is 11.8. The molecule has 2 aliphatic rings. The summed E-state index contributed by atoms with van der Waals surface area (Å²) in [7, 11) is 0. The predicted octanol–water partition coefficient (Wildman–Crippen LogP) is 4.72. The van der Waals surface area contributed by atoms with E-state index in [0.29, 0.717) is 42.0 Å². The molecule has 1 aromatic rings. The van der Waals surface area contributed by atoms with Crippen LogP contribution in [0.3, 0.4) is 0 Å². The van der Waals surface area contributed by atoms with Gasteiger partial charge < -0.3 is 25.4 Å². The highest BCUT2D eigenvalue weighted by Crippen LogP contribution is 2.43. The van der Waals surface area contributed by atoms with Crippen molar-refractivity contribution in [1.29, 1.82) is 0 Å². The summed E-state index contributed by atoms with van der Waals surface area (Å²) >= 11 is 5.99. The van der Waals surface area contributed by atoms with Crippen molar-refractivity contribution in [3.63, 3.8) is 0 Å². The Bertz CT molecular complexity index is 788. The number of aliphatic hydroxyl groups excluding tert-OH is 3. The molecule has 7 heteroatoms. The van der Waals surface area contributed by atoms with Crippen LogP contribution in [-0.2, 0) is 4.79 Å². The van der Waals surface area contributed by atoms with Gasteiger partial charge in [0, 0.05) is 17.5 Å². The van der Waals surface area contributed by atoms with Crippen molar-refractivity contribution in [3.05, 3.63) is 29.3 Å². The first-order valence-corrected chi connectivity index (χ1v) is 13.8. The summed E-state index contributed by atoms with van der Waals surface area (Å²) in [6, 6.07) is 7.53. The van der Waals surface area contributed by atoms with Crippen molar-refractivity contribution < 1.29 is 24.9 Å². The van der Waals surface area contributed by atoms with Crippen LogP contribution in [0.25, 0.3) is 0 Å². The molecule has 0 radical (unpaired) electrons. The summed E-state index contributed by atoms with van der Waals surface area (Å²) in [4.78, 5) is 11.8. The van der Waals surface area contributed by atoms with E-state index in [0.717, 1.165) is 44.9 Å². The quantitative estimate of drug-likeness (QED) is 0.256. The van der Waals surface area contributed by atoms with E-state index in [9.17, 15) is 20.1 Å². The van der Waals surface area contributed by atoms with Crippen LogP contribution in [0.5, 0.6) is 5.75 Å². The van der Waals surface area contributed by atoms with E-state index in [4.69, 9.17) is 16.3 Å². The van der Waals surface area contributed by atoms with Crippen LogP contribution in [0.1, 0.15) is 78.1 Å². The molecular formula is C28H44ClNO5. The third-order valence-corrected chi connectivity index (χ3v) is 7.91. The van der Waals surface area contributed by atoms with Crippen LogP contribution >= 0.6 is 11.6 Å². The molecule has 0 saturated heterocycles. The van der Waals surface area contributed by atoms with Gasteiger partial charge in [-0.15, -0.1) is 0 Å². The van der Waals surface area contributed by atoms with E-state index < -0.39 is 18.3 Å². The second-order valence-electron chi connectivity index (χ2n) is 11.0. The second-order valence-corrected chi connectivity index (χ2v) is 11.5. The normalized spacial score (nSPS) is 26.8. The molecule has 1 aromatic carbocycles. The average molecular weight is 510 g/mol. The van der Waals surface area contributed by atoms with Gasteiger partial charge in [-0.05, 0) is 80.4 Å². The van der Waals surface area contributed by atoms with Gasteiger partial charge in [-0.3, -0.25) is 4.79 Å². The van der Waals surface area contributed by atoms with E-state index in [2.05, 4.69) is 19.2 Å². The molecule has 0 aromatic heterocycles. The highest BCUT2D eigenvalue weighted by molar-refractivity contribution is 6.30. The number of carbonyl (C=O) groups is 1. The van der Waals surface area contributed by atoms with Gasteiger partial charge in [-0.25, -0.2) is 0 Å². The Hall–Kier alpha value is -1.34. The number of halogens is 1. The van der Waals surface area contributed by atoms with Gasteiger partial charge in [0.1, 0.15) is 12.4 Å². The largest absolute Gasteiger partial charge is 0.491 e. The number of hydrogen-bond donors (Lipinski definition) is 4. The topological polar surface area (TPSA) is 99.0 Å². The van der Waals surface area contributed by atoms with Gasteiger partial charge in [0.2, 0.25) is 5.91 Å². The smallest absolute Gasteiger partial charge is 0.220 e. The number of carbonyl (C=O) groups excluding carboxylic acids is 1. The Morgan fingerprint density at radius 3 is 2.66 bits per heavy atom. The van der Waals surface area contributed by atoms with Gasteiger partial charge in [0.15, 0.2) is 0 Å². The standard InChI is InChI=1S/C28H44ClNO5/c1-18(7-4-3-5-10-27(34)30-21-11-12-21)13-24-25(32)16-26(33)28(24)19(2)14-22(31)17-35-23-9-6-8-20(29)15-23/h6,8-9,15,18-19,21-22,24-26,28,31-33H,3-5,7,10-14,16-17H2,1-2H3,(H,30,34)/t18-,19+,22-,24+,25+,26-,28-/m1/s1. The minimum absolute atomic E-state index is 0.0281. The van der Waals surface area contributed by atoms with Crippen molar-refractivity contribution in [1.82, 2.24) is 5.32 Å². The summed E-state index contributed by atoms with van der Waals surface area (Å²) in [6.45, 7) is 4.43. The summed E-state index contributed by atoms with van der Waals surface area (Å²) in [5, 5.41) is 35.6. The summed E-state index contributed by atoms with van der Waals surface area (Å²) < 4.78 is 5.68. The third-order valence-electron chi connectivity index (χ3n) is 7.67. The zero-order valence-electron chi connectivity index (χ0n) is 21.2. The molecule has 0 bridgehead atoms. The summed E-state index contributed by atoms with van der Waals surface area (Å²) in [5.41, 5.74) is 0. The monoisotopic (exact) mass is 509 g/mol. The van der Waals surface area contributed by atoms with E-state index in [1.807, 2.05) is 0 Å². The molecule has 2 aliphatic carbocycles. The number of rotatable bonds is 15. The van der Waals surface area contributed by atoms with E-state index in [-0.39, 0.29) is 30.3 Å². The minimum Gasteiger partial charge on any atom is -0.491 e. The van der Waals surface area contributed by atoms with Gasteiger partial charge in [0.05, 0.1) is 18.3 Å². The first kappa shape index (κ1) is 28.2. The zero-order chi connectivity index (χ0) is 25.4. The molecule has 2 saturated carbocycles. The number of amides is 1. The zero-order valence-corrected chi connectivity index (χ0v) is 22.0. The van der Waals surface area contributed by atoms with Gasteiger partial charge >= 0.3 is 0 Å². The Balaban J connectivity index is 1.38. The van der Waals surface area contributed by atoms with Crippen molar-refractivity contribution in [2.75, 3.05) is 6.61 Å². The van der Waals surface area contributed by atoms with E-state index in [1.54, 1.807) is 24.3 Å². The Kier molecular flexibility index (Phi) is 11.2. The summed E-state index contributed by atoms with van der Waals surface area (Å²) in [5.74, 6) is 1.28. The van der Waals surface area contributed by atoms with Crippen LogP contribution in [0.2, 0.25) is 5.02 Å². The second kappa shape index (κ2) is 13.8. The Morgan fingerprint density at radius 2 is 1.94 bits per heavy atom. The van der Waals surface area contributed by atoms with Crippen molar-refractivity contribution in [3.8, 4) is 5.75 Å². The lowest BCUT2D eigenvalue weighted by atomic mass is 9.76. The maximum absolute atomic E-state index is 11.8. The van der Waals surface area contributed by atoms with Crippen molar-refractivity contribution >= 4 is 17.5 Å². The molecule has 4 N–H and O–H groups in total. The third kappa shape index (κ3) is 9.56. The van der Waals surface area contributed by atoms with Gasteiger partial charge in [-0.2, -0.15) is 0 Å². The molecule has 0 unspecified atom stereocenters.